The molecule has 1 rings (SSSR count). The number of unbranched alkanes of at least 4 members (excludes halogenated alkanes) is 2. The number of rotatable bonds is 15. The number of nitro benzene ring substituents is 1. The summed E-state index contributed by atoms with van der Waals surface area (Å²) < 4.78 is 27.3. The standard InChI is InChI=1S/C19H33NO7Si/c1-6-7-10-16-13-18(20(21)22)17(14-19(16)23-2)15-27-11-8-9-12-28(24-3,25-4)26-5/h13-14H,6-12,15H2,1-5H3. The van der Waals surface area contributed by atoms with Crippen LogP contribution in [0.1, 0.15) is 43.7 Å². The summed E-state index contributed by atoms with van der Waals surface area (Å²) in [6, 6.07) is 4.03. The molecule has 0 N–H and O–H groups in total. The SMILES string of the molecule is CCCCc1cc([N+](=O)[O-])c(COCCCC[Si](OC)(OC)OC)cc1OC. The second-order valence-electron chi connectivity index (χ2n) is 6.46. The molecule has 0 aromatic heterocycles. The van der Waals surface area contributed by atoms with Crippen molar-refractivity contribution in [3.8, 4) is 5.75 Å². The van der Waals surface area contributed by atoms with E-state index in [2.05, 4.69) is 6.92 Å². The van der Waals surface area contributed by atoms with E-state index < -0.39 is 8.80 Å². The Kier molecular flexibility index (Phi) is 11.2. The molecule has 0 unspecified atom stereocenters. The van der Waals surface area contributed by atoms with E-state index in [0.717, 1.165) is 37.7 Å². The number of hydrogen-bond acceptors (Lipinski definition) is 7. The Hall–Kier alpha value is -1.52. The topological polar surface area (TPSA) is 89.3 Å². The van der Waals surface area contributed by atoms with Gasteiger partial charge in [0.2, 0.25) is 0 Å². The third kappa shape index (κ3) is 7.14. The smallest absolute Gasteiger partial charge is 0.496 e. The maximum Gasteiger partial charge on any atom is 0.500 e. The van der Waals surface area contributed by atoms with Crippen LogP contribution in [0, 0.1) is 10.1 Å². The summed E-state index contributed by atoms with van der Waals surface area (Å²) in [5.74, 6) is 0.675. The molecule has 28 heavy (non-hydrogen) atoms. The largest absolute Gasteiger partial charge is 0.500 e. The zero-order valence-corrected chi connectivity index (χ0v) is 18.6. The van der Waals surface area contributed by atoms with Crippen molar-refractivity contribution in [2.24, 2.45) is 0 Å². The molecule has 0 aliphatic carbocycles. The van der Waals surface area contributed by atoms with Crippen molar-refractivity contribution in [3.05, 3.63) is 33.4 Å². The molecule has 0 aliphatic rings. The lowest BCUT2D eigenvalue weighted by molar-refractivity contribution is -0.386. The normalized spacial score (nSPS) is 11.6. The zero-order chi connectivity index (χ0) is 21.0. The minimum Gasteiger partial charge on any atom is -0.496 e. The van der Waals surface area contributed by atoms with Crippen LogP contribution in [0.5, 0.6) is 5.75 Å². The zero-order valence-electron chi connectivity index (χ0n) is 17.6. The monoisotopic (exact) mass is 415 g/mol. The van der Waals surface area contributed by atoms with Gasteiger partial charge in [-0.2, -0.15) is 0 Å². The Balaban J connectivity index is 2.64. The number of ether oxygens (including phenoxy) is 2. The van der Waals surface area contributed by atoms with E-state index in [1.165, 1.54) is 0 Å². The highest BCUT2D eigenvalue weighted by molar-refractivity contribution is 6.60. The number of methoxy groups -OCH3 is 1. The lowest BCUT2D eigenvalue weighted by atomic mass is 10.0. The van der Waals surface area contributed by atoms with Crippen LogP contribution in [0.3, 0.4) is 0 Å². The van der Waals surface area contributed by atoms with Gasteiger partial charge in [-0.25, -0.2) is 0 Å². The first-order valence-corrected chi connectivity index (χ1v) is 11.5. The molecular weight excluding hydrogens is 382 g/mol. The highest BCUT2D eigenvalue weighted by atomic mass is 28.4. The minimum atomic E-state index is -2.56. The van der Waals surface area contributed by atoms with Crippen LogP contribution >= 0.6 is 0 Å². The fourth-order valence-electron chi connectivity index (χ4n) is 2.98. The Morgan fingerprint density at radius 2 is 1.68 bits per heavy atom. The number of benzene rings is 1. The second kappa shape index (κ2) is 12.8. The van der Waals surface area contributed by atoms with Crippen LogP contribution in [0.15, 0.2) is 12.1 Å². The average molecular weight is 416 g/mol. The molecule has 0 fully saturated rings. The Morgan fingerprint density at radius 1 is 1.00 bits per heavy atom. The molecule has 0 spiro atoms. The molecule has 0 bridgehead atoms. The first-order chi connectivity index (χ1) is 13.5. The molecule has 8 nitrogen and oxygen atoms in total. The van der Waals surface area contributed by atoms with Crippen molar-refractivity contribution in [1.82, 2.24) is 0 Å². The summed E-state index contributed by atoms with van der Waals surface area (Å²) in [4.78, 5) is 11.1. The van der Waals surface area contributed by atoms with Gasteiger partial charge in [-0.15, -0.1) is 0 Å². The lowest BCUT2D eigenvalue weighted by Crippen LogP contribution is -2.42. The van der Waals surface area contributed by atoms with E-state index in [4.69, 9.17) is 22.8 Å². The summed E-state index contributed by atoms with van der Waals surface area (Å²) in [6.45, 7) is 2.74. The average Bonchev–Trinajstić information content (AvgIpc) is 2.72. The summed E-state index contributed by atoms with van der Waals surface area (Å²) in [7, 11) is 3.79. The maximum atomic E-state index is 11.5. The van der Waals surface area contributed by atoms with E-state index in [1.54, 1.807) is 40.6 Å². The van der Waals surface area contributed by atoms with E-state index in [1.807, 2.05) is 0 Å². The third-order valence-electron chi connectivity index (χ3n) is 4.69. The van der Waals surface area contributed by atoms with Gasteiger partial charge in [0.1, 0.15) is 5.75 Å². The molecule has 9 heteroatoms. The molecule has 160 valence electrons. The number of nitro groups is 1. The molecular formula is C19H33NO7Si. The molecule has 1 aromatic rings. The predicted molar refractivity (Wildman–Crippen MR) is 109 cm³/mol. The van der Waals surface area contributed by atoms with Gasteiger partial charge in [-0.1, -0.05) is 13.3 Å². The number of nitrogens with zero attached hydrogens (tertiary/aromatic N) is 1. The van der Waals surface area contributed by atoms with Crippen molar-refractivity contribution < 1.29 is 27.7 Å². The fourth-order valence-corrected chi connectivity index (χ4v) is 4.77. The summed E-state index contributed by atoms with van der Waals surface area (Å²) in [6.07, 6.45) is 4.33. The van der Waals surface area contributed by atoms with E-state index in [-0.39, 0.29) is 17.2 Å². The Bertz CT molecular complexity index is 600. The van der Waals surface area contributed by atoms with Gasteiger partial charge in [-0.05, 0) is 31.7 Å². The van der Waals surface area contributed by atoms with Gasteiger partial charge in [-0.3, -0.25) is 10.1 Å². The maximum absolute atomic E-state index is 11.5. The van der Waals surface area contributed by atoms with Crippen LogP contribution in [-0.2, 0) is 31.0 Å². The van der Waals surface area contributed by atoms with Gasteiger partial charge in [0.25, 0.3) is 5.69 Å². The first kappa shape index (κ1) is 24.5. The minimum absolute atomic E-state index is 0.0801. The quantitative estimate of drug-likeness (QED) is 0.184. The highest BCUT2D eigenvalue weighted by Crippen LogP contribution is 2.30. The van der Waals surface area contributed by atoms with Crippen molar-refractivity contribution >= 4 is 14.5 Å². The van der Waals surface area contributed by atoms with E-state index in [0.29, 0.717) is 24.0 Å². The van der Waals surface area contributed by atoms with Crippen LogP contribution in [-0.4, -0.2) is 48.8 Å². The Morgan fingerprint density at radius 3 is 2.21 bits per heavy atom. The second-order valence-corrected chi connectivity index (χ2v) is 9.55. The first-order valence-electron chi connectivity index (χ1n) is 9.54. The molecule has 0 radical (unpaired) electrons. The van der Waals surface area contributed by atoms with Crippen molar-refractivity contribution in [2.45, 2.75) is 51.7 Å². The van der Waals surface area contributed by atoms with Gasteiger partial charge in [0.15, 0.2) is 0 Å². The molecule has 0 heterocycles. The van der Waals surface area contributed by atoms with Gasteiger partial charge >= 0.3 is 8.80 Å². The van der Waals surface area contributed by atoms with Crippen LogP contribution in [0.2, 0.25) is 6.04 Å². The van der Waals surface area contributed by atoms with Crippen molar-refractivity contribution in [2.75, 3.05) is 35.0 Å². The Labute approximate surface area is 168 Å². The van der Waals surface area contributed by atoms with Crippen LogP contribution in [0.4, 0.5) is 5.69 Å². The molecule has 0 atom stereocenters. The van der Waals surface area contributed by atoms with Gasteiger partial charge < -0.3 is 22.8 Å². The highest BCUT2D eigenvalue weighted by Gasteiger charge is 2.36. The molecule has 0 aliphatic heterocycles. The van der Waals surface area contributed by atoms with Crippen LogP contribution < -0.4 is 4.74 Å². The predicted octanol–water partition coefficient (Wildman–Crippen LogP) is 4.12. The van der Waals surface area contributed by atoms with E-state index in [9.17, 15) is 10.1 Å². The van der Waals surface area contributed by atoms with Gasteiger partial charge in [0.05, 0.1) is 24.2 Å². The fraction of sp³-hybridized carbons (Fsp3) is 0.684. The van der Waals surface area contributed by atoms with Crippen LogP contribution in [0.25, 0.3) is 0 Å². The molecule has 0 saturated heterocycles. The molecule has 1 aromatic carbocycles. The summed E-state index contributed by atoms with van der Waals surface area (Å²) >= 11 is 0. The molecule has 0 amide bonds. The summed E-state index contributed by atoms with van der Waals surface area (Å²) in [5, 5.41) is 11.5. The molecule has 0 saturated carbocycles. The van der Waals surface area contributed by atoms with Crippen molar-refractivity contribution in [3.63, 3.8) is 0 Å². The van der Waals surface area contributed by atoms with Gasteiger partial charge in [0, 0.05) is 45.6 Å². The van der Waals surface area contributed by atoms with Crippen molar-refractivity contribution in [1.29, 1.82) is 0 Å². The third-order valence-corrected chi connectivity index (χ3v) is 7.52. The van der Waals surface area contributed by atoms with E-state index >= 15 is 0 Å². The number of hydrogen-bond donors (Lipinski definition) is 0. The lowest BCUT2D eigenvalue weighted by Gasteiger charge is -2.24. The number of aryl methyl sites for hydroxylation is 1. The summed E-state index contributed by atoms with van der Waals surface area (Å²) in [5.41, 5.74) is 1.47.